The van der Waals surface area contributed by atoms with Gasteiger partial charge in [-0.1, -0.05) is 29.8 Å². The topological polar surface area (TPSA) is 88.4 Å². The number of benzene rings is 3. The first-order valence-electron chi connectivity index (χ1n) is 9.01. The lowest BCUT2D eigenvalue weighted by molar-refractivity contribution is 0.0998. The van der Waals surface area contributed by atoms with Gasteiger partial charge < -0.3 is 9.73 Å². The minimum atomic E-state index is -3.79. The fourth-order valence-corrected chi connectivity index (χ4v) is 4.31. The zero-order chi connectivity index (χ0) is 21.3. The number of rotatable bonds is 5. The van der Waals surface area contributed by atoms with E-state index >= 15 is 0 Å². The van der Waals surface area contributed by atoms with E-state index in [1.807, 2.05) is 18.2 Å². The van der Waals surface area contributed by atoms with E-state index < -0.39 is 15.9 Å². The van der Waals surface area contributed by atoms with E-state index in [1.165, 1.54) is 24.3 Å². The van der Waals surface area contributed by atoms with E-state index in [1.54, 1.807) is 37.3 Å². The molecule has 0 saturated heterocycles. The molecule has 0 saturated carbocycles. The number of para-hydroxylation sites is 1. The summed E-state index contributed by atoms with van der Waals surface area (Å²) in [6.07, 6.45) is 0. The molecule has 0 fully saturated rings. The van der Waals surface area contributed by atoms with Crippen LogP contribution >= 0.6 is 11.6 Å². The maximum atomic E-state index is 12.6. The predicted molar refractivity (Wildman–Crippen MR) is 118 cm³/mol. The lowest BCUT2D eigenvalue weighted by atomic mass is 10.2. The second kappa shape index (κ2) is 7.85. The summed E-state index contributed by atoms with van der Waals surface area (Å²) in [4.78, 5) is 12.5. The van der Waals surface area contributed by atoms with Crippen molar-refractivity contribution in [1.82, 2.24) is 0 Å². The Balaban J connectivity index is 1.49. The summed E-state index contributed by atoms with van der Waals surface area (Å²) < 4.78 is 33.4. The van der Waals surface area contributed by atoms with Crippen LogP contribution in [0.3, 0.4) is 0 Å². The number of sulfonamides is 1. The number of furan rings is 1. The zero-order valence-corrected chi connectivity index (χ0v) is 17.4. The van der Waals surface area contributed by atoms with Crippen LogP contribution in [0.5, 0.6) is 0 Å². The monoisotopic (exact) mass is 440 g/mol. The van der Waals surface area contributed by atoms with Crippen molar-refractivity contribution in [2.24, 2.45) is 0 Å². The first kappa shape index (κ1) is 20.0. The molecule has 0 bridgehead atoms. The number of hydrogen-bond acceptors (Lipinski definition) is 4. The Morgan fingerprint density at radius 3 is 2.40 bits per heavy atom. The SMILES string of the molecule is Cc1cc(Cl)ccc1NS(=O)(=O)c1ccc(NC(=O)c2cc3ccccc3o2)cc1. The van der Waals surface area contributed by atoms with Crippen molar-refractivity contribution in [3.8, 4) is 0 Å². The van der Waals surface area contributed by atoms with Crippen molar-refractivity contribution in [2.75, 3.05) is 10.0 Å². The van der Waals surface area contributed by atoms with E-state index in [0.29, 0.717) is 27.5 Å². The van der Waals surface area contributed by atoms with E-state index in [-0.39, 0.29) is 10.7 Å². The van der Waals surface area contributed by atoms with Gasteiger partial charge in [-0.25, -0.2) is 8.42 Å². The molecule has 0 aliphatic rings. The normalized spacial score (nSPS) is 11.4. The largest absolute Gasteiger partial charge is 0.451 e. The molecule has 0 atom stereocenters. The minimum absolute atomic E-state index is 0.0681. The summed E-state index contributed by atoms with van der Waals surface area (Å²) in [6.45, 7) is 1.76. The summed E-state index contributed by atoms with van der Waals surface area (Å²) in [5, 5.41) is 4.05. The third-order valence-electron chi connectivity index (χ3n) is 4.50. The molecule has 0 aliphatic carbocycles. The number of halogens is 1. The number of fused-ring (bicyclic) bond motifs is 1. The summed E-state index contributed by atoms with van der Waals surface area (Å²) in [5.41, 5.74) is 2.22. The van der Waals surface area contributed by atoms with Gasteiger partial charge >= 0.3 is 0 Å². The minimum Gasteiger partial charge on any atom is -0.451 e. The molecule has 0 unspecified atom stereocenters. The maximum Gasteiger partial charge on any atom is 0.291 e. The van der Waals surface area contributed by atoms with Crippen molar-refractivity contribution in [3.05, 3.63) is 89.1 Å². The smallest absolute Gasteiger partial charge is 0.291 e. The highest BCUT2D eigenvalue weighted by Gasteiger charge is 2.17. The van der Waals surface area contributed by atoms with Gasteiger partial charge in [-0.05, 0) is 67.1 Å². The molecular weight excluding hydrogens is 424 g/mol. The molecule has 2 N–H and O–H groups in total. The molecule has 1 amide bonds. The average Bonchev–Trinajstić information content (AvgIpc) is 3.15. The average molecular weight is 441 g/mol. The second-order valence-corrected chi connectivity index (χ2v) is 8.81. The Hall–Kier alpha value is -3.29. The Morgan fingerprint density at radius 1 is 0.967 bits per heavy atom. The molecule has 4 aromatic rings. The highest BCUT2D eigenvalue weighted by atomic mass is 35.5. The van der Waals surface area contributed by atoms with Gasteiger partial charge in [-0.2, -0.15) is 0 Å². The fourth-order valence-electron chi connectivity index (χ4n) is 2.95. The molecule has 1 heterocycles. The highest BCUT2D eigenvalue weighted by Crippen LogP contribution is 2.24. The lowest BCUT2D eigenvalue weighted by Gasteiger charge is -2.11. The quantitative estimate of drug-likeness (QED) is 0.432. The second-order valence-electron chi connectivity index (χ2n) is 6.69. The zero-order valence-electron chi connectivity index (χ0n) is 15.8. The molecule has 6 nitrogen and oxygen atoms in total. The van der Waals surface area contributed by atoms with Crippen LogP contribution in [0.1, 0.15) is 16.1 Å². The molecule has 1 aromatic heterocycles. The van der Waals surface area contributed by atoms with Crippen molar-refractivity contribution in [1.29, 1.82) is 0 Å². The van der Waals surface area contributed by atoms with Gasteiger partial charge in [-0.3, -0.25) is 9.52 Å². The van der Waals surface area contributed by atoms with Crippen LogP contribution in [0.4, 0.5) is 11.4 Å². The maximum absolute atomic E-state index is 12.6. The Kier molecular flexibility index (Phi) is 5.24. The molecule has 4 rings (SSSR count). The molecule has 8 heteroatoms. The number of aryl methyl sites for hydroxylation is 1. The number of hydrogen-bond donors (Lipinski definition) is 2. The molecular formula is C22H17ClN2O4S. The number of carbonyl (C=O) groups excluding carboxylic acids is 1. The van der Waals surface area contributed by atoms with Crippen molar-refractivity contribution >= 4 is 49.9 Å². The van der Waals surface area contributed by atoms with Gasteiger partial charge in [0.2, 0.25) is 0 Å². The third kappa shape index (κ3) is 4.17. The number of anilines is 2. The first-order chi connectivity index (χ1) is 14.3. The predicted octanol–water partition coefficient (Wildman–Crippen LogP) is 5.45. The third-order valence-corrected chi connectivity index (χ3v) is 6.12. The summed E-state index contributed by atoms with van der Waals surface area (Å²) in [7, 11) is -3.79. The van der Waals surface area contributed by atoms with Gasteiger partial charge in [0.05, 0.1) is 10.6 Å². The van der Waals surface area contributed by atoms with Crippen LogP contribution in [-0.2, 0) is 10.0 Å². The molecule has 0 spiro atoms. The van der Waals surface area contributed by atoms with Gasteiger partial charge in [0.15, 0.2) is 5.76 Å². The first-order valence-corrected chi connectivity index (χ1v) is 10.9. The van der Waals surface area contributed by atoms with Crippen LogP contribution in [0.25, 0.3) is 11.0 Å². The van der Waals surface area contributed by atoms with Crippen LogP contribution < -0.4 is 10.0 Å². The Labute approximate surface area is 178 Å². The number of carbonyl (C=O) groups is 1. The molecule has 152 valence electrons. The van der Waals surface area contributed by atoms with Crippen molar-refractivity contribution in [2.45, 2.75) is 11.8 Å². The van der Waals surface area contributed by atoms with Crippen molar-refractivity contribution in [3.63, 3.8) is 0 Å². The summed E-state index contributed by atoms with van der Waals surface area (Å²) in [5.74, 6) is -0.246. The van der Waals surface area contributed by atoms with Gasteiger partial charge in [-0.15, -0.1) is 0 Å². The van der Waals surface area contributed by atoms with E-state index in [4.69, 9.17) is 16.0 Å². The van der Waals surface area contributed by atoms with Crippen LogP contribution in [-0.4, -0.2) is 14.3 Å². The molecule has 30 heavy (non-hydrogen) atoms. The molecule has 3 aromatic carbocycles. The Morgan fingerprint density at radius 2 is 1.70 bits per heavy atom. The molecule has 0 radical (unpaired) electrons. The molecule has 0 aliphatic heterocycles. The Bertz CT molecular complexity index is 1310. The van der Waals surface area contributed by atoms with Crippen LogP contribution in [0.2, 0.25) is 5.02 Å². The van der Waals surface area contributed by atoms with Gasteiger partial charge in [0.25, 0.3) is 15.9 Å². The fraction of sp³-hybridized carbons (Fsp3) is 0.0455. The van der Waals surface area contributed by atoms with Crippen LogP contribution in [0, 0.1) is 6.92 Å². The van der Waals surface area contributed by atoms with Gasteiger partial charge in [0.1, 0.15) is 5.58 Å². The lowest BCUT2D eigenvalue weighted by Crippen LogP contribution is -2.14. The van der Waals surface area contributed by atoms with E-state index in [9.17, 15) is 13.2 Å². The summed E-state index contributed by atoms with van der Waals surface area (Å²) >= 11 is 5.91. The highest BCUT2D eigenvalue weighted by molar-refractivity contribution is 7.92. The van der Waals surface area contributed by atoms with Crippen LogP contribution in [0.15, 0.2) is 82.1 Å². The van der Waals surface area contributed by atoms with Gasteiger partial charge in [0, 0.05) is 16.1 Å². The van der Waals surface area contributed by atoms with Crippen molar-refractivity contribution < 1.29 is 17.6 Å². The standard InChI is InChI=1S/C22H17ClN2O4S/c1-14-12-16(23)6-11-19(14)25-30(27,28)18-9-7-17(8-10-18)24-22(26)21-13-15-4-2-3-5-20(15)29-21/h2-13,25H,1H3,(H,24,26). The number of nitrogens with one attached hydrogen (secondary N) is 2. The van der Waals surface area contributed by atoms with E-state index in [2.05, 4.69) is 10.0 Å². The summed E-state index contributed by atoms with van der Waals surface area (Å²) in [6, 6.07) is 19.7. The van der Waals surface area contributed by atoms with E-state index in [0.717, 1.165) is 5.39 Å². The number of amides is 1.